The van der Waals surface area contributed by atoms with Crippen LogP contribution in [0, 0.1) is 11.8 Å². The predicted octanol–water partition coefficient (Wildman–Crippen LogP) is 4.55. The average molecular weight is 456 g/mol. The molecule has 4 unspecified atom stereocenters. The van der Waals surface area contributed by atoms with Gasteiger partial charge in [0, 0.05) is 0 Å². The van der Waals surface area contributed by atoms with Crippen LogP contribution in [0.4, 0.5) is 0 Å². The lowest BCUT2D eigenvalue weighted by Gasteiger charge is -2.34. The molecule has 3 aliphatic rings. The molecule has 0 radical (unpaired) electrons. The van der Waals surface area contributed by atoms with Gasteiger partial charge in [-0.2, -0.15) is 5.06 Å². The van der Waals surface area contributed by atoms with Crippen molar-refractivity contribution in [3.63, 3.8) is 0 Å². The molecule has 1 saturated heterocycles. The number of nitrogens with zero attached hydrogens (tertiary/aromatic N) is 1. The molecule has 4 atom stereocenters. The molecular weight excluding hydrogens is 443 g/mol. The zero-order valence-corrected chi connectivity index (χ0v) is 17.0. The first-order chi connectivity index (χ1) is 11.1. The van der Waals surface area contributed by atoms with E-state index < -0.39 is 37.7 Å². The summed E-state index contributed by atoms with van der Waals surface area (Å²) in [5.41, 5.74) is 0. The lowest BCUT2D eigenvalue weighted by molar-refractivity contribution is -0.190. The van der Waals surface area contributed by atoms with Crippen LogP contribution in [0.5, 0.6) is 0 Å². The maximum absolute atomic E-state index is 12.7. The summed E-state index contributed by atoms with van der Waals surface area (Å²) in [5.74, 6) is -3.60. The number of amides is 2. The van der Waals surface area contributed by atoms with Gasteiger partial charge in [-0.3, -0.25) is 14.4 Å². The van der Waals surface area contributed by atoms with Crippen LogP contribution in [-0.2, 0) is 14.4 Å². The number of carbonyl (C=O) groups excluding carboxylic acids is 2. The number of hydrogen-bond acceptors (Lipinski definition) is 3. The van der Waals surface area contributed by atoms with Crippen molar-refractivity contribution in [1.29, 1.82) is 0 Å². The Morgan fingerprint density at radius 1 is 0.958 bits per heavy atom. The Morgan fingerprint density at radius 3 is 1.83 bits per heavy atom. The molecule has 0 aromatic rings. The standard InChI is InChI=1S/C14H13Cl6NO3/c1-2-3-4-5-24-21-10(22)6-7(11(21)23)13(18)9(16)8(15)12(6,17)14(13,19)20/h6-7H,2-5H2,1H3. The van der Waals surface area contributed by atoms with Gasteiger partial charge in [0.25, 0.3) is 11.8 Å². The minimum absolute atomic E-state index is 0.110. The van der Waals surface area contributed by atoms with Gasteiger partial charge in [-0.05, 0) is 6.42 Å². The summed E-state index contributed by atoms with van der Waals surface area (Å²) in [6.07, 6.45) is 2.59. The number of hydroxylamine groups is 2. The summed E-state index contributed by atoms with van der Waals surface area (Å²) in [5, 5.41) is 0.476. The van der Waals surface area contributed by atoms with E-state index in [0.29, 0.717) is 11.5 Å². The van der Waals surface area contributed by atoms with E-state index in [1.807, 2.05) is 6.92 Å². The van der Waals surface area contributed by atoms with Crippen molar-refractivity contribution in [3.8, 4) is 0 Å². The molecule has 10 heteroatoms. The fraction of sp³-hybridized carbons (Fsp3) is 0.714. The summed E-state index contributed by atoms with van der Waals surface area (Å²) >= 11 is 38.2. The van der Waals surface area contributed by atoms with E-state index in [4.69, 9.17) is 74.4 Å². The normalized spacial score (nSPS) is 40.0. The van der Waals surface area contributed by atoms with E-state index >= 15 is 0 Å². The number of halogens is 6. The van der Waals surface area contributed by atoms with Crippen LogP contribution in [0.3, 0.4) is 0 Å². The van der Waals surface area contributed by atoms with Crippen LogP contribution in [-0.4, -0.2) is 37.6 Å². The van der Waals surface area contributed by atoms with Gasteiger partial charge in [0.05, 0.1) is 28.5 Å². The number of carbonyl (C=O) groups is 2. The molecule has 1 saturated carbocycles. The van der Waals surface area contributed by atoms with Crippen molar-refractivity contribution in [2.45, 2.75) is 40.3 Å². The summed E-state index contributed by atoms with van der Waals surface area (Å²) in [6, 6.07) is 0. The highest BCUT2D eigenvalue weighted by atomic mass is 35.5. The van der Waals surface area contributed by atoms with Gasteiger partial charge >= 0.3 is 0 Å². The van der Waals surface area contributed by atoms with Gasteiger partial charge in [-0.1, -0.05) is 66.2 Å². The number of rotatable bonds is 5. The molecule has 2 aliphatic carbocycles. The first kappa shape index (κ1) is 19.3. The topological polar surface area (TPSA) is 46.6 Å². The van der Waals surface area contributed by atoms with Crippen LogP contribution in [0.15, 0.2) is 10.1 Å². The second-order valence-corrected chi connectivity index (χ2v) is 9.37. The molecule has 134 valence electrons. The highest BCUT2D eigenvalue weighted by Gasteiger charge is 2.87. The third kappa shape index (κ3) is 2.00. The van der Waals surface area contributed by atoms with Gasteiger partial charge in [-0.25, -0.2) is 0 Å². The van der Waals surface area contributed by atoms with Crippen LogP contribution >= 0.6 is 69.6 Å². The van der Waals surface area contributed by atoms with Gasteiger partial charge in [0.2, 0.25) is 0 Å². The molecule has 2 bridgehead atoms. The van der Waals surface area contributed by atoms with E-state index in [9.17, 15) is 9.59 Å². The number of imide groups is 1. The Labute approximate surface area is 169 Å². The molecule has 0 aromatic heterocycles. The van der Waals surface area contributed by atoms with Crippen LogP contribution < -0.4 is 0 Å². The quantitative estimate of drug-likeness (QED) is 0.347. The first-order valence-electron chi connectivity index (χ1n) is 7.41. The molecule has 0 N–H and O–H groups in total. The maximum atomic E-state index is 12.7. The molecule has 24 heavy (non-hydrogen) atoms. The van der Waals surface area contributed by atoms with Crippen molar-refractivity contribution in [2.75, 3.05) is 6.61 Å². The Kier molecular flexibility index (Phi) is 4.88. The summed E-state index contributed by atoms with van der Waals surface area (Å²) in [7, 11) is 0. The second-order valence-electron chi connectivity index (χ2n) is 6.09. The number of allylic oxidation sites excluding steroid dienone is 2. The van der Waals surface area contributed by atoms with E-state index in [2.05, 4.69) is 0 Å². The van der Waals surface area contributed by atoms with Crippen molar-refractivity contribution in [1.82, 2.24) is 5.06 Å². The molecule has 1 heterocycles. The summed E-state index contributed by atoms with van der Waals surface area (Å²) < 4.78 is -1.91. The number of hydrogen-bond donors (Lipinski definition) is 0. The average Bonchev–Trinajstić information content (AvgIpc) is 2.90. The SMILES string of the molecule is CCCCCON1C(=O)C2C(C1=O)C1(Cl)C(Cl)=C(Cl)C2(Cl)C1(Cl)Cl. The summed E-state index contributed by atoms with van der Waals surface area (Å²) in [4.78, 5) is 27.2. The Bertz CT molecular complexity index is 606. The van der Waals surface area contributed by atoms with E-state index in [-0.39, 0.29) is 16.7 Å². The van der Waals surface area contributed by atoms with E-state index in [1.54, 1.807) is 0 Å². The van der Waals surface area contributed by atoms with Crippen molar-refractivity contribution < 1.29 is 14.4 Å². The monoisotopic (exact) mass is 453 g/mol. The maximum Gasteiger partial charge on any atom is 0.259 e. The Balaban J connectivity index is 1.97. The molecule has 0 spiro atoms. The molecule has 2 amide bonds. The molecule has 3 rings (SSSR count). The smallest absolute Gasteiger partial charge is 0.259 e. The van der Waals surface area contributed by atoms with E-state index in [1.165, 1.54) is 0 Å². The highest BCUT2D eigenvalue weighted by Crippen LogP contribution is 2.77. The minimum Gasteiger partial charge on any atom is -0.272 e. The van der Waals surface area contributed by atoms with Gasteiger partial charge in [0.15, 0.2) is 4.33 Å². The van der Waals surface area contributed by atoms with Crippen molar-refractivity contribution in [3.05, 3.63) is 10.1 Å². The third-order valence-electron chi connectivity index (χ3n) is 4.84. The zero-order chi connectivity index (χ0) is 18.1. The number of fused-ring (bicyclic) bond motifs is 5. The van der Waals surface area contributed by atoms with Gasteiger partial charge < -0.3 is 0 Å². The fourth-order valence-electron chi connectivity index (χ4n) is 3.60. The fourth-order valence-corrected chi connectivity index (χ4v) is 6.53. The number of unbranched alkanes of at least 4 members (excludes halogenated alkanes) is 2. The van der Waals surface area contributed by atoms with Crippen LogP contribution in [0.2, 0.25) is 0 Å². The summed E-state index contributed by atoms with van der Waals surface area (Å²) in [6.45, 7) is 2.25. The Hall–Kier alpha value is 0.580. The van der Waals surface area contributed by atoms with Crippen LogP contribution in [0.25, 0.3) is 0 Å². The molecule has 0 aromatic carbocycles. The Morgan fingerprint density at radius 2 is 1.42 bits per heavy atom. The van der Waals surface area contributed by atoms with Gasteiger partial charge in [0.1, 0.15) is 9.75 Å². The second kappa shape index (κ2) is 6.05. The molecular formula is C14H13Cl6NO3. The molecule has 4 nitrogen and oxygen atoms in total. The molecule has 1 aliphatic heterocycles. The van der Waals surface area contributed by atoms with Gasteiger partial charge in [-0.15, -0.1) is 23.2 Å². The van der Waals surface area contributed by atoms with Crippen molar-refractivity contribution in [2.24, 2.45) is 11.8 Å². The largest absolute Gasteiger partial charge is 0.272 e. The first-order valence-corrected chi connectivity index (χ1v) is 9.67. The molecule has 2 fully saturated rings. The van der Waals surface area contributed by atoms with E-state index in [0.717, 1.165) is 12.8 Å². The van der Waals surface area contributed by atoms with Crippen LogP contribution in [0.1, 0.15) is 26.2 Å². The lowest BCUT2D eigenvalue weighted by atomic mass is 9.84. The predicted molar refractivity (Wildman–Crippen MR) is 94.6 cm³/mol. The zero-order valence-electron chi connectivity index (χ0n) is 12.4. The minimum atomic E-state index is -1.91. The van der Waals surface area contributed by atoms with Crippen molar-refractivity contribution >= 4 is 81.4 Å². The third-order valence-corrected chi connectivity index (χ3v) is 9.10. The number of alkyl halides is 4. The highest BCUT2D eigenvalue weighted by molar-refractivity contribution is 6.66. The lowest BCUT2D eigenvalue weighted by Crippen LogP contribution is -2.50.